The molecule has 0 aliphatic rings. The molecule has 2 aromatic rings. The summed E-state index contributed by atoms with van der Waals surface area (Å²) in [4.78, 5) is 0. The van der Waals surface area contributed by atoms with E-state index in [2.05, 4.69) is 5.32 Å². The Kier molecular flexibility index (Phi) is 8.82. The van der Waals surface area contributed by atoms with Crippen molar-refractivity contribution in [2.24, 2.45) is 0 Å². The summed E-state index contributed by atoms with van der Waals surface area (Å²) in [5.74, 6) is 1.15. The molecule has 0 heterocycles. The molecule has 0 unspecified atom stereocenters. The van der Waals surface area contributed by atoms with Gasteiger partial charge in [-0.05, 0) is 43.1 Å². The van der Waals surface area contributed by atoms with E-state index >= 15 is 0 Å². The van der Waals surface area contributed by atoms with Crippen molar-refractivity contribution in [2.75, 3.05) is 20.3 Å². The van der Waals surface area contributed by atoms with Gasteiger partial charge >= 0.3 is 0 Å². The van der Waals surface area contributed by atoms with Crippen LogP contribution in [0.1, 0.15) is 24.0 Å². The van der Waals surface area contributed by atoms with Crippen molar-refractivity contribution in [3.8, 4) is 11.5 Å². The molecule has 0 aliphatic heterocycles. The van der Waals surface area contributed by atoms with E-state index in [-0.39, 0.29) is 13.2 Å². The SMILES string of the molecule is COc1cc(CNCCCCO)c(Cl)cc1OCc1ccc(Cl)cc1Cl. The van der Waals surface area contributed by atoms with E-state index in [4.69, 9.17) is 49.4 Å². The van der Waals surface area contributed by atoms with Crippen LogP contribution in [0.2, 0.25) is 15.1 Å². The average Bonchev–Trinajstić information content (AvgIpc) is 2.62. The van der Waals surface area contributed by atoms with Crippen LogP contribution in [0.3, 0.4) is 0 Å². The van der Waals surface area contributed by atoms with Crippen LogP contribution < -0.4 is 14.8 Å². The van der Waals surface area contributed by atoms with Gasteiger partial charge in [0.05, 0.1) is 7.11 Å². The van der Waals surface area contributed by atoms with Crippen LogP contribution in [0, 0.1) is 0 Å². The molecule has 0 radical (unpaired) electrons. The Morgan fingerprint density at radius 1 is 0.962 bits per heavy atom. The van der Waals surface area contributed by atoms with Crippen LogP contribution in [0.25, 0.3) is 0 Å². The van der Waals surface area contributed by atoms with Crippen LogP contribution in [0.5, 0.6) is 11.5 Å². The Balaban J connectivity index is 2.03. The molecular weight excluding hydrogens is 397 g/mol. The van der Waals surface area contributed by atoms with Crippen molar-refractivity contribution in [1.82, 2.24) is 5.32 Å². The van der Waals surface area contributed by atoms with Crippen molar-refractivity contribution < 1.29 is 14.6 Å². The van der Waals surface area contributed by atoms with Crippen LogP contribution in [0.4, 0.5) is 0 Å². The van der Waals surface area contributed by atoms with Crippen LogP contribution in [-0.2, 0) is 13.2 Å². The Morgan fingerprint density at radius 3 is 2.42 bits per heavy atom. The molecule has 0 bridgehead atoms. The number of benzene rings is 2. The fourth-order valence-electron chi connectivity index (χ4n) is 2.36. The van der Waals surface area contributed by atoms with Gasteiger partial charge in [-0.2, -0.15) is 0 Å². The third-order valence-corrected chi connectivity index (χ3v) is 4.75. The maximum absolute atomic E-state index is 8.79. The molecule has 0 spiro atoms. The maximum Gasteiger partial charge on any atom is 0.163 e. The molecule has 4 nitrogen and oxygen atoms in total. The number of hydrogen-bond donors (Lipinski definition) is 2. The van der Waals surface area contributed by atoms with E-state index in [0.717, 1.165) is 30.5 Å². The third kappa shape index (κ3) is 6.22. The standard InChI is InChI=1S/C19H22Cl3NO3/c1-25-18-8-14(11-23-6-2-3-7-24)17(22)10-19(18)26-12-13-4-5-15(20)9-16(13)21/h4-5,8-10,23-24H,2-3,6-7,11-12H2,1H3. The summed E-state index contributed by atoms with van der Waals surface area (Å²) in [5.41, 5.74) is 1.74. The van der Waals surface area contributed by atoms with E-state index < -0.39 is 0 Å². The smallest absolute Gasteiger partial charge is 0.163 e. The summed E-state index contributed by atoms with van der Waals surface area (Å²) < 4.78 is 11.3. The minimum atomic E-state index is 0.208. The number of aliphatic hydroxyl groups is 1. The van der Waals surface area contributed by atoms with Gasteiger partial charge < -0.3 is 19.9 Å². The zero-order valence-corrected chi connectivity index (χ0v) is 16.8. The minimum absolute atomic E-state index is 0.208. The van der Waals surface area contributed by atoms with Crippen molar-refractivity contribution in [2.45, 2.75) is 26.0 Å². The van der Waals surface area contributed by atoms with Crippen molar-refractivity contribution in [1.29, 1.82) is 0 Å². The zero-order chi connectivity index (χ0) is 18.9. The number of halogens is 3. The monoisotopic (exact) mass is 417 g/mol. The maximum atomic E-state index is 8.79. The number of ether oxygens (including phenoxy) is 2. The topological polar surface area (TPSA) is 50.7 Å². The molecule has 2 rings (SSSR count). The van der Waals surface area contributed by atoms with Gasteiger partial charge in [0.2, 0.25) is 0 Å². The summed E-state index contributed by atoms with van der Waals surface area (Å²) >= 11 is 18.5. The molecule has 0 atom stereocenters. The van der Waals surface area contributed by atoms with Gasteiger partial charge in [0, 0.05) is 39.8 Å². The average molecular weight is 419 g/mol. The highest BCUT2D eigenvalue weighted by Gasteiger charge is 2.12. The fourth-order valence-corrected chi connectivity index (χ4v) is 3.05. The summed E-state index contributed by atoms with van der Waals surface area (Å²) in [6, 6.07) is 8.87. The molecule has 0 aromatic heterocycles. The lowest BCUT2D eigenvalue weighted by molar-refractivity contribution is 0.283. The highest BCUT2D eigenvalue weighted by molar-refractivity contribution is 6.35. The molecule has 2 aromatic carbocycles. The van der Waals surface area contributed by atoms with E-state index in [1.165, 1.54) is 0 Å². The predicted octanol–water partition coefficient (Wildman–Crippen LogP) is 5.10. The van der Waals surface area contributed by atoms with Gasteiger partial charge in [0.1, 0.15) is 6.61 Å². The van der Waals surface area contributed by atoms with Crippen molar-refractivity contribution in [3.63, 3.8) is 0 Å². The summed E-state index contributed by atoms with van der Waals surface area (Å²) in [6.45, 7) is 1.91. The highest BCUT2D eigenvalue weighted by Crippen LogP contribution is 2.34. The summed E-state index contributed by atoms with van der Waals surface area (Å²) in [5, 5.41) is 13.8. The second kappa shape index (κ2) is 10.9. The first-order chi connectivity index (χ1) is 12.5. The molecular formula is C19H22Cl3NO3. The number of unbranched alkanes of at least 4 members (excludes halogenated alkanes) is 1. The van der Waals surface area contributed by atoms with Gasteiger partial charge in [-0.25, -0.2) is 0 Å². The Labute approximate surface area is 169 Å². The number of methoxy groups -OCH3 is 1. The lowest BCUT2D eigenvalue weighted by atomic mass is 10.2. The van der Waals surface area contributed by atoms with Crippen LogP contribution in [0.15, 0.2) is 30.3 Å². The highest BCUT2D eigenvalue weighted by atomic mass is 35.5. The molecule has 2 N–H and O–H groups in total. The first-order valence-electron chi connectivity index (χ1n) is 8.30. The number of rotatable bonds is 10. The third-order valence-electron chi connectivity index (χ3n) is 3.81. The number of hydrogen-bond acceptors (Lipinski definition) is 4. The normalized spacial score (nSPS) is 10.8. The quantitative estimate of drug-likeness (QED) is 0.527. The molecule has 0 amide bonds. The van der Waals surface area contributed by atoms with E-state index in [0.29, 0.717) is 33.1 Å². The van der Waals surface area contributed by atoms with Crippen LogP contribution in [-0.4, -0.2) is 25.4 Å². The van der Waals surface area contributed by atoms with Gasteiger partial charge in [-0.15, -0.1) is 0 Å². The lowest BCUT2D eigenvalue weighted by Crippen LogP contribution is -2.15. The van der Waals surface area contributed by atoms with Crippen LogP contribution >= 0.6 is 34.8 Å². The molecule has 0 saturated heterocycles. The first kappa shape index (κ1) is 21.1. The summed E-state index contributed by atoms with van der Waals surface area (Å²) in [7, 11) is 1.59. The van der Waals surface area contributed by atoms with Gasteiger partial charge in [0.25, 0.3) is 0 Å². The molecule has 26 heavy (non-hydrogen) atoms. The number of nitrogens with one attached hydrogen (secondary N) is 1. The fraction of sp³-hybridized carbons (Fsp3) is 0.368. The van der Waals surface area contributed by atoms with Gasteiger partial charge in [-0.3, -0.25) is 0 Å². The molecule has 0 fully saturated rings. The van der Waals surface area contributed by atoms with Gasteiger partial charge in [0.15, 0.2) is 11.5 Å². The largest absolute Gasteiger partial charge is 0.493 e. The Bertz CT molecular complexity index is 725. The second-order valence-corrected chi connectivity index (χ2v) is 6.98. The number of aliphatic hydroxyl groups excluding tert-OH is 1. The predicted molar refractivity (Wildman–Crippen MR) is 107 cm³/mol. The molecule has 0 aliphatic carbocycles. The molecule has 0 saturated carbocycles. The Morgan fingerprint density at radius 2 is 1.73 bits per heavy atom. The van der Waals surface area contributed by atoms with E-state index in [1.54, 1.807) is 25.3 Å². The lowest BCUT2D eigenvalue weighted by Gasteiger charge is -2.15. The van der Waals surface area contributed by atoms with E-state index in [9.17, 15) is 0 Å². The first-order valence-corrected chi connectivity index (χ1v) is 9.43. The molecule has 7 heteroatoms. The van der Waals surface area contributed by atoms with E-state index in [1.807, 2.05) is 12.1 Å². The van der Waals surface area contributed by atoms with Crippen molar-refractivity contribution in [3.05, 3.63) is 56.5 Å². The van der Waals surface area contributed by atoms with Crippen molar-refractivity contribution >= 4 is 34.8 Å². The second-order valence-electron chi connectivity index (χ2n) is 5.73. The molecule has 142 valence electrons. The van der Waals surface area contributed by atoms with Gasteiger partial charge in [-0.1, -0.05) is 40.9 Å². The Hall–Kier alpha value is -1.17. The summed E-state index contributed by atoms with van der Waals surface area (Å²) in [6.07, 6.45) is 1.69. The zero-order valence-electron chi connectivity index (χ0n) is 14.5. The minimum Gasteiger partial charge on any atom is -0.493 e.